The highest BCUT2D eigenvalue weighted by atomic mass is 19.3. The second kappa shape index (κ2) is 3.21. The molecule has 0 heterocycles. The van der Waals surface area contributed by atoms with E-state index >= 15 is 0 Å². The molecular formula is C10H10F2N2O2. The number of hydrogen-bond acceptors (Lipinski definition) is 3. The van der Waals surface area contributed by atoms with Gasteiger partial charge in [-0.25, -0.2) is 8.78 Å². The van der Waals surface area contributed by atoms with E-state index in [1.54, 1.807) is 0 Å². The molecule has 86 valence electrons. The number of nitro groups is 1. The normalized spacial score (nSPS) is 26.4. The minimum absolute atomic E-state index is 0.187. The Balaban J connectivity index is 2.42. The predicted octanol–water partition coefficient (Wildman–Crippen LogP) is 1.83. The Hall–Kier alpha value is -1.56. The lowest BCUT2D eigenvalue weighted by Crippen LogP contribution is -2.26. The summed E-state index contributed by atoms with van der Waals surface area (Å²) in [5.74, 6) is -2.85. The number of rotatable bonds is 3. The van der Waals surface area contributed by atoms with Gasteiger partial charge in [-0.05, 0) is 5.56 Å². The molecule has 1 fully saturated rings. The number of nitro benzene ring substituents is 1. The molecular weight excluding hydrogens is 218 g/mol. The summed E-state index contributed by atoms with van der Waals surface area (Å²) >= 11 is 0. The van der Waals surface area contributed by atoms with Crippen LogP contribution < -0.4 is 5.73 Å². The van der Waals surface area contributed by atoms with Gasteiger partial charge in [0.05, 0.1) is 10.3 Å². The van der Waals surface area contributed by atoms with Crippen molar-refractivity contribution in [2.75, 3.05) is 6.54 Å². The molecule has 0 radical (unpaired) electrons. The zero-order valence-corrected chi connectivity index (χ0v) is 8.32. The summed E-state index contributed by atoms with van der Waals surface area (Å²) in [6.07, 6.45) is -0.336. The van der Waals surface area contributed by atoms with Gasteiger partial charge in [0, 0.05) is 25.1 Å². The molecule has 0 amide bonds. The van der Waals surface area contributed by atoms with Crippen molar-refractivity contribution in [3.63, 3.8) is 0 Å². The molecule has 1 unspecified atom stereocenters. The van der Waals surface area contributed by atoms with E-state index in [9.17, 15) is 18.9 Å². The van der Waals surface area contributed by atoms with Crippen LogP contribution >= 0.6 is 0 Å². The molecule has 0 aromatic heterocycles. The maximum absolute atomic E-state index is 13.2. The van der Waals surface area contributed by atoms with Crippen molar-refractivity contribution >= 4 is 5.69 Å². The summed E-state index contributed by atoms with van der Waals surface area (Å²) in [7, 11) is 0. The standard InChI is InChI=1S/C10H10F2N2O2/c11-10(12)5-9(10,6-13)7-2-1-3-8(4-7)14(15)16/h1-4H,5-6,13H2. The lowest BCUT2D eigenvalue weighted by molar-refractivity contribution is -0.384. The van der Waals surface area contributed by atoms with Crippen molar-refractivity contribution in [1.29, 1.82) is 0 Å². The van der Waals surface area contributed by atoms with Crippen LogP contribution in [0, 0.1) is 10.1 Å². The number of nitrogens with two attached hydrogens (primary N) is 1. The van der Waals surface area contributed by atoms with Crippen LogP contribution in [0.5, 0.6) is 0 Å². The van der Waals surface area contributed by atoms with Gasteiger partial charge < -0.3 is 5.73 Å². The highest BCUT2D eigenvalue weighted by Gasteiger charge is 2.71. The van der Waals surface area contributed by atoms with E-state index in [0.29, 0.717) is 0 Å². The third-order valence-corrected chi connectivity index (χ3v) is 3.06. The van der Waals surface area contributed by atoms with E-state index < -0.39 is 16.3 Å². The van der Waals surface area contributed by atoms with Crippen molar-refractivity contribution in [3.05, 3.63) is 39.9 Å². The van der Waals surface area contributed by atoms with Crippen molar-refractivity contribution in [3.8, 4) is 0 Å². The minimum Gasteiger partial charge on any atom is -0.329 e. The van der Waals surface area contributed by atoms with Crippen LogP contribution in [-0.2, 0) is 5.41 Å². The Kier molecular flexibility index (Phi) is 2.20. The van der Waals surface area contributed by atoms with Crippen LogP contribution in [0.1, 0.15) is 12.0 Å². The third kappa shape index (κ3) is 1.37. The summed E-state index contributed by atoms with van der Waals surface area (Å²) in [5.41, 5.74) is 4.01. The van der Waals surface area contributed by atoms with Crippen LogP contribution in [0.2, 0.25) is 0 Å². The molecule has 2 rings (SSSR count). The first kappa shape index (κ1) is 10.9. The zero-order valence-electron chi connectivity index (χ0n) is 8.32. The van der Waals surface area contributed by atoms with Crippen LogP contribution in [0.15, 0.2) is 24.3 Å². The second-order valence-electron chi connectivity index (χ2n) is 3.97. The summed E-state index contributed by atoms with van der Waals surface area (Å²) in [5, 5.41) is 10.5. The largest absolute Gasteiger partial charge is 0.329 e. The molecule has 6 heteroatoms. The molecule has 16 heavy (non-hydrogen) atoms. The molecule has 0 spiro atoms. The predicted molar refractivity (Wildman–Crippen MR) is 53.4 cm³/mol. The lowest BCUT2D eigenvalue weighted by Gasteiger charge is -2.13. The quantitative estimate of drug-likeness (QED) is 0.633. The average molecular weight is 228 g/mol. The number of nitrogens with zero attached hydrogens (tertiary/aromatic N) is 1. The van der Waals surface area contributed by atoms with Crippen molar-refractivity contribution < 1.29 is 13.7 Å². The van der Waals surface area contributed by atoms with Gasteiger partial charge in [0.1, 0.15) is 0 Å². The minimum atomic E-state index is -2.85. The van der Waals surface area contributed by atoms with Crippen LogP contribution in [-0.4, -0.2) is 17.4 Å². The molecule has 4 nitrogen and oxygen atoms in total. The maximum atomic E-state index is 13.2. The molecule has 0 saturated heterocycles. The fourth-order valence-corrected chi connectivity index (χ4v) is 1.90. The number of alkyl halides is 2. The topological polar surface area (TPSA) is 69.2 Å². The number of benzene rings is 1. The second-order valence-corrected chi connectivity index (χ2v) is 3.97. The van der Waals surface area contributed by atoms with Gasteiger partial charge in [-0.1, -0.05) is 12.1 Å². The van der Waals surface area contributed by atoms with Gasteiger partial charge in [0.2, 0.25) is 0 Å². The summed E-state index contributed by atoms with van der Waals surface area (Å²) in [4.78, 5) is 9.93. The lowest BCUT2D eigenvalue weighted by atomic mass is 9.95. The first-order valence-corrected chi connectivity index (χ1v) is 4.76. The molecule has 1 aromatic carbocycles. The Bertz CT molecular complexity index is 450. The summed E-state index contributed by atoms with van der Waals surface area (Å²) < 4.78 is 26.4. The Morgan fingerprint density at radius 1 is 1.50 bits per heavy atom. The molecule has 2 N–H and O–H groups in total. The number of hydrogen-bond donors (Lipinski definition) is 1. The molecule has 0 aliphatic heterocycles. The Morgan fingerprint density at radius 2 is 2.12 bits per heavy atom. The number of non-ortho nitro benzene ring substituents is 1. The van der Waals surface area contributed by atoms with Gasteiger partial charge in [-0.2, -0.15) is 0 Å². The Labute approximate surface area is 90.2 Å². The third-order valence-electron chi connectivity index (χ3n) is 3.06. The van der Waals surface area contributed by atoms with Crippen molar-refractivity contribution in [2.45, 2.75) is 17.8 Å². The highest BCUT2D eigenvalue weighted by Crippen LogP contribution is 2.61. The van der Waals surface area contributed by atoms with E-state index in [1.807, 2.05) is 0 Å². The van der Waals surface area contributed by atoms with Gasteiger partial charge in [0.25, 0.3) is 11.6 Å². The molecule has 1 atom stereocenters. The van der Waals surface area contributed by atoms with Gasteiger partial charge >= 0.3 is 0 Å². The van der Waals surface area contributed by atoms with Gasteiger partial charge in [0.15, 0.2) is 0 Å². The SMILES string of the molecule is NCC1(c2cccc([N+](=O)[O-])c2)CC1(F)F. The molecule has 1 aliphatic rings. The summed E-state index contributed by atoms with van der Waals surface area (Å²) in [6.45, 7) is -0.207. The molecule has 1 saturated carbocycles. The molecule has 1 aliphatic carbocycles. The Morgan fingerprint density at radius 3 is 2.56 bits per heavy atom. The zero-order chi connectivity index (χ0) is 12.0. The van der Waals surface area contributed by atoms with Crippen LogP contribution in [0.3, 0.4) is 0 Å². The fraction of sp³-hybridized carbons (Fsp3) is 0.400. The average Bonchev–Trinajstić information content (AvgIpc) is 2.82. The van der Waals surface area contributed by atoms with E-state index in [0.717, 1.165) is 0 Å². The number of halogens is 2. The van der Waals surface area contributed by atoms with Crippen LogP contribution in [0.25, 0.3) is 0 Å². The van der Waals surface area contributed by atoms with Crippen LogP contribution in [0.4, 0.5) is 14.5 Å². The summed E-state index contributed by atoms with van der Waals surface area (Å²) in [6, 6.07) is 5.31. The fourth-order valence-electron chi connectivity index (χ4n) is 1.90. The first-order chi connectivity index (χ1) is 7.43. The smallest absolute Gasteiger partial charge is 0.269 e. The molecule has 0 bridgehead atoms. The maximum Gasteiger partial charge on any atom is 0.269 e. The van der Waals surface area contributed by atoms with Crippen molar-refractivity contribution in [1.82, 2.24) is 0 Å². The van der Waals surface area contributed by atoms with E-state index in [1.165, 1.54) is 24.3 Å². The van der Waals surface area contributed by atoms with Gasteiger partial charge in [-0.15, -0.1) is 0 Å². The van der Waals surface area contributed by atoms with E-state index in [4.69, 9.17) is 5.73 Å². The van der Waals surface area contributed by atoms with Crippen molar-refractivity contribution in [2.24, 2.45) is 5.73 Å². The van der Waals surface area contributed by atoms with E-state index in [2.05, 4.69) is 0 Å². The highest BCUT2D eigenvalue weighted by molar-refractivity contribution is 5.44. The molecule has 1 aromatic rings. The first-order valence-electron chi connectivity index (χ1n) is 4.76. The monoisotopic (exact) mass is 228 g/mol. The van der Waals surface area contributed by atoms with E-state index in [-0.39, 0.29) is 24.2 Å². The van der Waals surface area contributed by atoms with Gasteiger partial charge in [-0.3, -0.25) is 10.1 Å².